The summed E-state index contributed by atoms with van der Waals surface area (Å²) in [6, 6.07) is 18.6. The Labute approximate surface area is 202 Å². The van der Waals surface area contributed by atoms with Gasteiger partial charge in [0.15, 0.2) is 0 Å². The molecule has 0 radical (unpaired) electrons. The van der Waals surface area contributed by atoms with Crippen molar-refractivity contribution in [3.05, 3.63) is 102 Å². The van der Waals surface area contributed by atoms with Gasteiger partial charge in [-0.2, -0.15) is 18.3 Å². The topological polar surface area (TPSA) is 72.7 Å². The maximum Gasteiger partial charge on any atom is 0.416 e. The van der Waals surface area contributed by atoms with Gasteiger partial charge in [-0.1, -0.05) is 41.9 Å². The summed E-state index contributed by atoms with van der Waals surface area (Å²) in [5.41, 5.74) is 1.33. The van der Waals surface area contributed by atoms with Crippen LogP contribution >= 0.6 is 11.6 Å². The molecule has 1 amide bonds. The third-order valence-electron chi connectivity index (χ3n) is 5.34. The summed E-state index contributed by atoms with van der Waals surface area (Å²) in [5, 5.41) is 7.72. The van der Waals surface area contributed by atoms with Gasteiger partial charge < -0.3 is 5.32 Å². The molecule has 0 aliphatic rings. The number of hydrogen-bond acceptors (Lipinski definition) is 4. The van der Waals surface area contributed by atoms with E-state index >= 15 is 0 Å². The van der Waals surface area contributed by atoms with E-state index in [0.717, 1.165) is 17.7 Å². The largest absolute Gasteiger partial charge is 0.416 e. The number of carbonyl (C=O) groups excluding carboxylic acids is 1. The summed E-state index contributed by atoms with van der Waals surface area (Å²) in [6.07, 6.45) is -2.01. The molecule has 0 aliphatic heterocycles. The van der Waals surface area contributed by atoms with E-state index in [1.807, 2.05) is 0 Å². The second-order valence-corrected chi connectivity index (χ2v) is 8.04. The third kappa shape index (κ3) is 4.58. The Morgan fingerprint density at radius 1 is 0.971 bits per heavy atom. The Balaban J connectivity index is 1.61. The van der Waals surface area contributed by atoms with E-state index < -0.39 is 17.6 Å². The monoisotopic (exact) mass is 493 g/mol. The number of benzene rings is 3. The first-order chi connectivity index (χ1) is 16.8. The number of amides is 1. The summed E-state index contributed by atoms with van der Waals surface area (Å²) in [6.45, 7) is 0. The number of rotatable bonds is 4. The van der Waals surface area contributed by atoms with Crippen molar-refractivity contribution in [2.45, 2.75) is 6.18 Å². The number of anilines is 1. The lowest BCUT2D eigenvalue weighted by atomic mass is 10.0. The normalized spacial score (nSPS) is 11.5. The van der Waals surface area contributed by atoms with E-state index in [0.29, 0.717) is 21.6 Å². The minimum atomic E-state index is -4.59. The number of halogens is 4. The van der Waals surface area contributed by atoms with Gasteiger partial charge in [-0.3, -0.25) is 4.79 Å². The van der Waals surface area contributed by atoms with Crippen molar-refractivity contribution in [3.63, 3.8) is 0 Å². The minimum absolute atomic E-state index is 0.0655. The number of para-hydroxylation sites is 1. The van der Waals surface area contributed by atoms with Crippen LogP contribution in [0.4, 0.5) is 18.9 Å². The van der Waals surface area contributed by atoms with Crippen molar-refractivity contribution >= 4 is 34.1 Å². The highest BCUT2D eigenvalue weighted by Crippen LogP contribution is 2.34. The van der Waals surface area contributed by atoms with Crippen LogP contribution < -0.4 is 5.32 Å². The van der Waals surface area contributed by atoms with Crippen molar-refractivity contribution in [2.75, 3.05) is 5.32 Å². The highest BCUT2D eigenvalue weighted by atomic mass is 35.5. The number of hydrogen-bond donors (Lipinski definition) is 1. The average Bonchev–Trinajstić information content (AvgIpc) is 3.38. The number of nitrogens with zero attached hydrogens (tertiary/aromatic N) is 4. The SMILES string of the molecule is O=C(Nc1cc(C(F)(F)F)ccc1-n1cncn1)c1cc(-c2ccc(Cl)cc2)nc2ccccc12. The van der Waals surface area contributed by atoms with Crippen molar-refractivity contribution in [3.8, 4) is 16.9 Å². The summed E-state index contributed by atoms with van der Waals surface area (Å²) < 4.78 is 41.5. The molecule has 1 N–H and O–H groups in total. The van der Waals surface area contributed by atoms with Gasteiger partial charge in [0.1, 0.15) is 12.7 Å². The number of nitrogens with one attached hydrogen (secondary N) is 1. The first-order valence-corrected chi connectivity index (χ1v) is 10.7. The molecule has 2 aromatic heterocycles. The van der Waals surface area contributed by atoms with Crippen LogP contribution in [0, 0.1) is 0 Å². The molecule has 0 bridgehead atoms. The van der Waals surface area contributed by atoms with E-state index in [1.165, 1.54) is 23.4 Å². The number of carbonyl (C=O) groups is 1. The maximum atomic E-state index is 13.5. The molecule has 35 heavy (non-hydrogen) atoms. The van der Waals surface area contributed by atoms with Crippen molar-refractivity contribution in [2.24, 2.45) is 0 Å². The summed E-state index contributed by atoms with van der Waals surface area (Å²) in [5.74, 6) is -0.598. The van der Waals surface area contributed by atoms with Gasteiger partial charge in [0, 0.05) is 16.0 Å². The van der Waals surface area contributed by atoms with Crippen molar-refractivity contribution in [1.82, 2.24) is 19.7 Å². The van der Waals surface area contributed by atoms with Crippen LogP contribution in [0.15, 0.2) is 85.5 Å². The Hall–Kier alpha value is -4.24. The van der Waals surface area contributed by atoms with E-state index in [-0.39, 0.29) is 16.9 Å². The Kier molecular flexibility index (Phi) is 5.70. The van der Waals surface area contributed by atoms with Crippen LogP contribution in [0.1, 0.15) is 15.9 Å². The van der Waals surface area contributed by atoms with Gasteiger partial charge in [-0.05, 0) is 42.5 Å². The number of aromatic nitrogens is 4. The molecule has 174 valence electrons. The number of alkyl halides is 3. The molecule has 0 atom stereocenters. The highest BCUT2D eigenvalue weighted by Gasteiger charge is 2.31. The summed E-state index contributed by atoms with van der Waals surface area (Å²) >= 11 is 5.99. The fraction of sp³-hybridized carbons (Fsp3) is 0.0400. The van der Waals surface area contributed by atoms with Crippen LogP contribution in [0.5, 0.6) is 0 Å². The smallest absolute Gasteiger partial charge is 0.320 e. The van der Waals surface area contributed by atoms with Gasteiger partial charge in [0.2, 0.25) is 0 Å². The average molecular weight is 494 g/mol. The van der Waals surface area contributed by atoms with Crippen LogP contribution in [-0.2, 0) is 6.18 Å². The lowest BCUT2D eigenvalue weighted by Crippen LogP contribution is -2.16. The van der Waals surface area contributed by atoms with E-state index in [9.17, 15) is 18.0 Å². The first kappa shape index (κ1) is 22.5. The molecule has 0 saturated carbocycles. The molecule has 0 saturated heterocycles. The Morgan fingerprint density at radius 3 is 2.46 bits per heavy atom. The first-order valence-electron chi connectivity index (χ1n) is 10.3. The van der Waals surface area contributed by atoms with Gasteiger partial charge in [-0.25, -0.2) is 14.6 Å². The quantitative estimate of drug-likeness (QED) is 0.314. The lowest BCUT2D eigenvalue weighted by molar-refractivity contribution is -0.137. The molecule has 0 spiro atoms. The zero-order valence-electron chi connectivity index (χ0n) is 17.8. The van der Waals surface area contributed by atoms with Crippen LogP contribution in [0.3, 0.4) is 0 Å². The predicted molar refractivity (Wildman–Crippen MR) is 127 cm³/mol. The number of pyridine rings is 1. The van der Waals surface area contributed by atoms with Gasteiger partial charge in [0.05, 0.1) is 33.7 Å². The molecule has 5 aromatic rings. The second-order valence-electron chi connectivity index (χ2n) is 7.60. The molecule has 2 heterocycles. The van der Waals surface area contributed by atoms with Crippen molar-refractivity contribution < 1.29 is 18.0 Å². The predicted octanol–water partition coefficient (Wildman–Crippen LogP) is 6.41. The van der Waals surface area contributed by atoms with Crippen LogP contribution in [-0.4, -0.2) is 25.7 Å². The molecule has 3 aromatic carbocycles. The zero-order chi connectivity index (χ0) is 24.6. The summed E-state index contributed by atoms with van der Waals surface area (Å²) in [7, 11) is 0. The standard InChI is InChI=1S/C25H15ClF3N5O/c26-17-8-5-15(6-9-17)21-12-19(18-3-1-2-4-20(18)32-21)24(35)33-22-11-16(25(27,28)29)7-10-23(22)34-14-30-13-31-34/h1-14H,(H,33,35). The van der Waals surface area contributed by atoms with E-state index in [2.05, 4.69) is 20.4 Å². The fourth-order valence-corrected chi connectivity index (χ4v) is 3.79. The van der Waals surface area contributed by atoms with Crippen molar-refractivity contribution in [1.29, 1.82) is 0 Å². The molecule has 0 fully saturated rings. The Morgan fingerprint density at radius 2 is 1.74 bits per heavy atom. The minimum Gasteiger partial charge on any atom is -0.320 e. The fourth-order valence-electron chi connectivity index (χ4n) is 3.67. The molecular weight excluding hydrogens is 479 g/mol. The molecule has 0 aliphatic carbocycles. The molecule has 6 nitrogen and oxygen atoms in total. The lowest BCUT2D eigenvalue weighted by Gasteiger charge is -2.15. The van der Waals surface area contributed by atoms with E-state index in [1.54, 1.807) is 54.6 Å². The highest BCUT2D eigenvalue weighted by molar-refractivity contribution is 6.30. The Bertz CT molecular complexity index is 1530. The third-order valence-corrected chi connectivity index (χ3v) is 5.59. The van der Waals surface area contributed by atoms with Gasteiger partial charge in [-0.15, -0.1) is 0 Å². The van der Waals surface area contributed by atoms with E-state index in [4.69, 9.17) is 11.6 Å². The maximum absolute atomic E-state index is 13.5. The molecule has 10 heteroatoms. The van der Waals surface area contributed by atoms with Crippen LogP contribution in [0.2, 0.25) is 5.02 Å². The molecular formula is C25H15ClF3N5O. The zero-order valence-corrected chi connectivity index (χ0v) is 18.5. The van der Waals surface area contributed by atoms with Crippen LogP contribution in [0.25, 0.3) is 27.8 Å². The summed E-state index contributed by atoms with van der Waals surface area (Å²) in [4.78, 5) is 21.9. The van der Waals surface area contributed by atoms with Gasteiger partial charge in [0.25, 0.3) is 5.91 Å². The molecule has 0 unspecified atom stereocenters. The van der Waals surface area contributed by atoms with Gasteiger partial charge >= 0.3 is 6.18 Å². The molecule has 5 rings (SSSR count). The number of fused-ring (bicyclic) bond motifs is 1. The second kappa shape index (κ2) is 8.84.